The van der Waals surface area contributed by atoms with E-state index in [1.54, 1.807) is 24.3 Å². The van der Waals surface area contributed by atoms with E-state index in [4.69, 9.17) is 4.42 Å². The minimum atomic E-state index is -0.672. The summed E-state index contributed by atoms with van der Waals surface area (Å²) in [5, 5.41) is 3.75. The van der Waals surface area contributed by atoms with Crippen LogP contribution in [-0.4, -0.2) is 14.0 Å². The van der Waals surface area contributed by atoms with Gasteiger partial charge in [-0.2, -0.15) is 0 Å². The highest BCUT2D eigenvalue weighted by atomic mass is 16.4. The lowest BCUT2D eigenvalue weighted by Gasteiger charge is -2.06. The lowest BCUT2D eigenvalue weighted by molar-refractivity contribution is 0.619. The average Bonchev–Trinajstić information content (AvgIpc) is 3.14. The van der Waals surface area contributed by atoms with Crippen LogP contribution in [-0.2, 0) is 0 Å². The summed E-state index contributed by atoms with van der Waals surface area (Å²) in [5.74, 6) is -0.0105. The van der Waals surface area contributed by atoms with Crippen molar-refractivity contribution < 1.29 is 4.42 Å². The molecule has 0 spiro atoms. The van der Waals surface area contributed by atoms with Crippen LogP contribution in [0.5, 0.6) is 0 Å². The number of oxazole rings is 1. The molecule has 6 heteroatoms. The van der Waals surface area contributed by atoms with Crippen LogP contribution in [0.3, 0.4) is 0 Å². The molecule has 6 rings (SSSR count). The van der Waals surface area contributed by atoms with E-state index in [0.29, 0.717) is 16.8 Å². The number of aromatic nitrogens is 3. The summed E-state index contributed by atoms with van der Waals surface area (Å²) >= 11 is 0. The first-order valence-corrected chi connectivity index (χ1v) is 9.17. The molecule has 0 fully saturated rings. The SMILES string of the molecule is O=c1nc2oc3c4ccccc4c4ccccc4c3n2c(=O)n1-c1ccccc1. The molecule has 6 nitrogen and oxygen atoms in total. The van der Waals surface area contributed by atoms with Crippen LogP contribution in [0.4, 0.5) is 0 Å². The number of rotatable bonds is 1. The third-order valence-electron chi connectivity index (χ3n) is 5.25. The minimum Gasteiger partial charge on any atom is -0.422 e. The molecule has 2 heterocycles. The lowest BCUT2D eigenvalue weighted by atomic mass is 10.0. The van der Waals surface area contributed by atoms with Crippen LogP contribution in [0.2, 0.25) is 0 Å². The summed E-state index contributed by atoms with van der Waals surface area (Å²) < 4.78 is 8.41. The topological polar surface area (TPSA) is 69.5 Å². The first kappa shape index (κ1) is 15.8. The normalized spacial score (nSPS) is 11.7. The van der Waals surface area contributed by atoms with Crippen LogP contribution < -0.4 is 11.4 Å². The lowest BCUT2D eigenvalue weighted by Crippen LogP contribution is -2.37. The van der Waals surface area contributed by atoms with Crippen LogP contribution in [0.15, 0.2) is 92.9 Å². The highest BCUT2D eigenvalue weighted by Crippen LogP contribution is 2.35. The first-order chi connectivity index (χ1) is 14.2. The van der Waals surface area contributed by atoms with Crippen molar-refractivity contribution in [2.75, 3.05) is 0 Å². The zero-order valence-electron chi connectivity index (χ0n) is 15.1. The summed E-state index contributed by atoms with van der Waals surface area (Å²) in [5.41, 5.74) is 0.425. The molecule has 0 amide bonds. The molecule has 0 atom stereocenters. The van der Waals surface area contributed by atoms with Gasteiger partial charge in [0.1, 0.15) is 5.52 Å². The van der Waals surface area contributed by atoms with Crippen molar-refractivity contribution in [3.63, 3.8) is 0 Å². The minimum absolute atomic E-state index is 0.0105. The van der Waals surface area contributed by atoms with Gasteiger partial charge in [-0.15, -0.1) is 4.98 Å². The average molecular weight is 379 g/mol. The van der Waals surface area contributed by atoms with Gasteiger partial charge in [0.25, 0.3) is 0 Å². The number of benzene rings is 4. The van der Waals surface area contributed by atoms with Gasteiger partial charge in [0, 0.05) is 10.8 Å². The molecular weight excluding hydrogens is 366 g/mol. The second kappa shape index (κ2) is 5.65. The van der Waals surface area contributed by atoms with Gasteiger partial charge in [-0.05, 0) is 22.9 Å². The van der Waals surface area contributed by atoms with E-state index in [2.05, 4.69) is 4.98 Å². The van der Waals surface area contributed by atoms with Gasteiger partial charge in [0.05, 0.1) is 5.69 Å². The maximum atomic E-state index is 13.4. The largest absolute Gasteiger partial charge is 0.422 e. The molecule has 2 aromatic heterocycles. The van der Waals surface area contributed by atoms with Gasteiger partial charge in [-0.25, -0.2) is 18.6 Å². The van der Waals surface area contributed by atoms with Crippen molar-refractivity contribution in [2.24, 2.45) is 0 Å². The van der Waals surface area contributed by atoms with Crippen molar-refractivity contribution >= 4 is 38.5 Å². The first-order valence-electron chi connectivity index (χ1n) is 9.17. The number of hydrogen-bond acceptors (Lipinski definition) is 4. The standard InChI is InChI=1S/C23H13N3O3/c27-21-24-22-26(23(28)25(21)14-8-2-1-3-9-14)19-17-12-6-4-10-15(17)16-11-5-7-13-18(16)20(19)29-22/h1-13H. The summed E-state index contributed by atoms with van der Waals surface area (Å²) in [6, 6.07) is 24.5. The van der Waals surface area contributed by atoms with Crippen LogP contribution >= 0.6 is 0 Å². The fraction of sp³-hybridized carbons (Fsp3) is 0. The summed E-state index contributed by atoms with van der Waals surface area (Å²) in [6.45, 7) is 0. The zero-order chi connectivity index (χ0) is 19.5. The quantitative estimate of drug-likeness (QED) is 0.406. The Hall–Kier alpha value is -4.19. The van der Waals surface area contributed by atoms with Gasteiger partial charge in [0.15, 0.2) is 5.58 Å². The molecule has 0 unspecified atom stereocenters. The summed E-state index contributed by atoms with van der Waals surface area (Å²) in [4.78, 5) is 30.1. The second-order valence-electron chi connectivity index (χ2n) is 6.84. The molecule has 0 saturated heterocycles. The van der Waals surface area contributed by atoms with Gasteiger partial charge < -0.3 is 4.42 Å². The Morgan fingerprint density at radius 3 is 2.00 bits per heavy atom. The molecule has 6 aromatic rings. The van der Waals surface area contributed by atoms with Crippen molar-refractivity contribution in [3.8, 4) is 5.69 Å². The predicted molar refractivity (Wildman–Crippen MR) is 112 cm³/mol. The van der Waals surface area contributed by atoms with Gasteiger partial charge in [-0.3, -0.25) is 0 Å². The van der Waals surface area contributed by atoms with E-state index in [1.807, 2.05) is 54.6 Å². The Labute approximate surface area is 162 Å². The van der Waals surface area contributed by atoms with Gasteiger partial charge in [-0.1, -0.05) is 66.7 Å². The summed E-state index contributed by atoms with van der Waals surface area (Å²) in [7, 11) is 0. The Kier molecular flexibility index (Phi) is 3.09. The highest BCUT2D eigenvalue weighted by Gasteiger charge is 2.20. The molecule has 0 aliphatic rings. The Morgan fingerprint density at radius 1 is 0.690 bits per heavy atom. The number of nitrogens with zero attached hydrogens (tertiary/aromatic N) is 3. The molecular formula is C23H13N3O3. The fourth-order valence-electron chi connectivity index (χ4n) is 4.01. The molecule has 4 aromatic carbocycles. The van der Waals surface area contributed by atoms with E-state index in [1.165, 1.54) is 4.40 Å². The molecule has 29 heavy (non-hydrogen) atoms. The van der Waals surface area contributed by atoms with Crippen molar-refractivity contribution in [3.05, 3.63) is 99.8 Å². The third kappa shape index (κ3) is 2.08. The summed E-state index contributed by atoms with van der Waals surface area (Å²) in [6.07, 6.45) is 0. The smallest absolute Gasteiger partial charge is 0.360 e. The van der Waals surface area contributed by atoms with Crippen molar-refractivity contribution in [1.82, 2.24) is 14.0 Å². The predicted octanol–water partition coefficient (Wildman–Crippen LogP) is 3.90. The molecule has 138 valence electrons. The van der Waals surface area contributed by atoms with E-state index >= 15 is 0 Å². The van der Waals surface area contributed by atoms with E-state index in [9.17, 15) is 9.59 Å². The van der Waals surface area contributed by atoms with E-state index in [0.717, 1.165) is 26.1 Å². The molecule has 0 aliphatic heterocycles. The Morgan fingerprint density at radius 2 is 1.28 bits per heavy atom. The number of fused-ring (bicyclic) bond motifs is 8. The third-order valence-corrected chi connectivity index (χ3v) is 5.25. The monoisotopic (exact) mass is 379 g/mol. The van der Waals surface area contributed by atoms with E-state index in [-0.39, 0.29) is 5.84 Å². The number of hydrogen-bond donors (Lipinski definition) is 0. The Balaban J connectivity index is 1.93. The highest BCUT2D eigenvalue weighted by molar-refractivity contribution is 6.23. The van der Waals surface area contributed by atoms with Gasteiger partial charge >= 0.3 is 17.2 Å². The maximum Gasteiger partial charge on any atom is 0.360 e. The Bertz CT molecular complexity index is 1690. The van der Waals surface area contributed by atoms with E-state index < -0.39 is 11.4 Å². The molecule has 0 saturated carbocycles. The number of para-hydroxylation sites is 1. The molecule has 0 radical (unpaired) electrons. The molecule has 0 bridgehead atoms. The second-order valence-corrected chi connectivity index (χ2v) is 6.84. The van der Waals surface area contributed by atoms with Gasteiger partial charge in [0.2, 0.25) is 0 Å². The zero-order valence-corrected chi connectivity index (χ0v) is 15.1. The van der Waals surface area contributed by atoms with Crippen molar-refractivity contribution in [2.45, 2.75) is 0 Å². The van der Waals surface area contributed by atoms with Crippen molar-refractivity contribution in [1.29, 1.82) is 0 Å². The fourth-order valence-corrected chi connectivity index (χ4v) is 4.01. The van der Waals surface area contributed by atoms with Crippen LogP contribution in [0.1, 0.15) is 0 Å². The maximum absolute atomic E-state index is 13.4. The molecule has 0 N–H and O–H groups in total. The van der Waals surface area contributed by atoms with Crippen LogP contribution in [0, 0.1) is 0 Å². The van der Waals surface area contributed by atoms with Crippen LogP contribution in [0.25, 0.3) is 44.2 Å². The molecule has 0 aliphatic carbocycles.